The summed E-state index contributed by atoms with van der Waals surface area (Å²) in [6.07, 6.45) is 0. The summed E-state index contributed by atoms with van der Waals surface area (Å²) in [5.74, 6) is -0.607. The molecule has 0 atom stereocenters. The number of amides is 1. The van der Waals surface area contributed by atoms with Gasteiger partial charge in [-0.1, -0.05) is 0 Å². The van der Waals surface area contributed by atoms with Crippen LogP contribution < -0.4 is 20.5 Å². The molecule has 2 rings (SSSR count). The number of ether oxygens (including phenoxy) is 1. The van der Waals surface area contributed by atoms with Crippen molar-refractivity contribution in [2.75, 3.05) is 11.9 Å². The molecule has 0 bridgehead atoms. The molecule has 28 heavy (non-hydrogen) atoms. The van der Waals surface area contributed by atoms with Crippen LogP contribution in [-0.2, 0) is 10.0 Å². The van der Waals surface area contributed by atoms with Crippen molar-refractivity contribution in [3.63, 3.8) is 0 Å². The van der Waals surface area contributed by atoms with Crippen LogP contribution in [0.5, 0.6) is 5.75 Å². The second-order valence-corrected chi connectivity index (χ2v) is 7.32. The van der Waals surface area contributed by atoms with E-state index in [1.165, 1.54) is 36.4 Å². The van der Waals surface area contributed by atoms with E-state index in [2.05, 4.69) is 10.6 Å². The second kappa shape index (κ2) is 8.73. The number of carbonyl (C=O) groups is 1. The number of nitro benzene ring substituents is 1. The first-order valence-electron chi connectivity index (χ1n) is 7.78. The fraction of sp³-hybridized carbons (Fsp3) is 0.125. The molecule has 1 amide bonds. The third-order valence-electron chi connectivity index (χ3n) is 3.39. The summed E-state index contributed by atoms with van der Waals surface area (Å²) in [6.45, 7) is 1.93. The molecule has 0 saturated carbocycles. The van der Waals surface area contributed by atoms with Gasteiger partial charge in [0.2, 0.25) is 10.0 Å². The van der Waals surface area contributed by atoms with Gasteiger partial charge in [-0.05, 0) is 55.5 Å². The Labute approximate surface area is 165 Å². The molecule has 0 unspecified atom stereocenters. The molecule has 2 aromatic rings. The van der Waals surface area contributed by atoms with Gasteiger partial charge in [0.15, 0.2) is 10.9 Å². The average Bonchev–Trinajstić information content (AvgIpc) is 2.61. The van der Waals surface area contributed by atoms with Crippen molar-refractivity contribution >= 4 is 44.6 Å². The van der Waals surface area contributed by atoms with E-state index in [0.717, 1.165) is 6.07 Å². The quantitative estimate of drug-likeness (QED) is 0.360. The number of anilines is 1. The van der Waals surface area contributed by atoms with E-state index < -0.39 is 20.9 Å². The summed E-state index contributed by atoms with van der Waals surface area (Å²) in [7, 11) is -3.82. The van der Waals surface area contributed by atoms with E-state index in [-0.39, 0.29) is 33.6 Å². The lowest BCUT2D eigenvalue weighted by Crippen LogP contribution is -2.34. The number of primary sulfonamides is 1. The number of hydrogen-bond acceptors (Lipinski definition) is 7. The Morgan fingerprint density at radius 2 is 1.89 bits per heavy atom. The highest BCUT2D eigenvalue weighted by Gasteiger charge is 2.19. The van der Waals surface area contributed by atoms with Crippen molar-refractivity contribution in [2.24, 2.45) is 5.14 Å². The van der Waals surface area contributed by atoms with Gasteiger partial charge in [-0.15, -0.1) is 0 Å². The zero-order valence-corrected chi connectivity index (χ0v) is 16.2. The van der Waals surface area contributed by atoms with Gasteiger partial charge in [-0.25, -0.2) is 13.6 Å². The first-order chi connectivity index (χ1) is 13.1. The van der Waals surface area contributed by atoms with E-state index in [9.17, 15) is 23.3 Å². The van der Waals surface area contributed by atoms with E-state index in [0.29, 0.717) is 5.69 Å². The van der Waals surface area contributed by atoms with E-state index >= 15 is 0 Å². The van der Waals surface area contributed by atoms with E-state index in [1.54, 1.807) is 6.92 Å². The molecule has 0 aliphatic carbocycles. The van der Waals surface area contributed by atoms with Gasteiger partial charge in [0, 0.05) is 17.3 Å². The van der Waals surface area contributed by atoms with Crippen LogP contribution in [0.4, 0.5) is 11.4 Å². The number of nitrogens with zero attached hydrogens (tertiary/aromatic N) is 1. The third kappa shape index (κ3) is 5.45. The van der Waals surface area contributed by atoms with Crippen LogP contribution in [0.1, 0.15) is 17.3 Å². The fourth-order valence-corrected chi connectivity index (χ4v) is 2.87. The first-order valence-corrected chi connectivity index (χ1v) is 9.73. The summed E-state index contributed by atoms with van der Waals surface area (Å²) in [5.41, 5.74) is 0.0891. The third-order valence-corrected chi connectivity index (χ3v) is 4.52. The van der Waals surface area contributed by atoms with E-state index in [1.807, 2.05) is 0 Å². The van der Waals surface area contributed by atoms with Crippen molar-refractivity contribution in [1.29, 1.82) is 0 Å². The van der Waals surface area contributed by atoms with Crippen LogP contribution in [0.3, 0.4) is 0 Å². The maximum absolute atomic E-state index is 12.3. The van der Waals surface area contributed by atoms with Crippen molar-refractivity contribution in [3.8, 4) is 5.75 Å². The van der Waals surface area contributed by atoms with Gasteiger partial charge in [0.05, 0.1) is 16.4 Å². The van der Waals surface area contributed by atoms with E-state index in [4.69, 9.17) is 22.1 Å². The highest BCUT2D eigenvalue weighted by atomic mass is 32.2. The summed E-state index contributed by atoms with van der Waals surface area (Å²) in [5, 5.41) is 21.1. The normalized spacial score (nSPS) is 10.8. The molecule has 4 N–H and O–H groups in total. The molecular weight excluding hydrogens is 408 g/mol. The zero-order valence-electron chi connectivity index (χ0n) is 14.5. The lowest BCUT2D eigenvalue weighted by Gasteiger charge is -2.10. The number of nitrogens with two attached hydrogens (primary N) is 1. The van der Waals surface area contributed by atoms with Crippen LogP contribution in [-0.4, -0.2) is 31.0 Å². The van der Waals surface area contributed by atoms with Gasteiger partial charge >= 0.3 is 5.69 Å². The fourth-order valence-electron chi connectivity index (χ4n) is 2.14. The number of thiocarbonyl (C=S) groups is 1. The van der Waals surface area contributed by atoms with Crippen molar-refractivity contribution in [1.82, 2.24) is 5.32 Å². The summed E-state index contributed by atoms with van der Waals surface area (Å²) >= 11 is 5.03. The summed E-state index contributed by atoms with van der Waals surface area (Å²) < 4.78 is 27.6. The Morgan fingerprint density at radius 1 is 1.25 bits per heavy atom. The summed E-state index contributed by atoms with van der Waals surface area (Å²) in [6, 6.07) is 9.18. The molecule has 0 heterocycles. The predicted octanol–water partition coefficient (Wildman–Crippen LogP) is 1.77. The van der Waals surface area contributed by atoms with Crippen LogP contribution >= 0.6 is 12.2 Å². The molecule has 12 heteroatoms. The Hall–Kier alpha value is -3.09. The highest BCUT2D eigenvalue weighted by Crippen LogP contribution is 2.28. The molecule has 148 valence electrons. The Morgan fingerprint density at radius 3 is 2.43 bits per heavy atom. The Kier molecular flexibility index (Phi) is 6.62. The average molecular weight is 424 g/mol. The van der Waals surface area contributed by atoms with Gasteiger partial charge < -0.3 is 10.1 Å². The number of nitro groups is 1. The van der Waals surface area contributed by atoms with Crippen LogP contribution in [0.2, 0.25) is 0 Å². The molecule has 0 spiro atoms. The topological polar surface area (TPSA) is 154 Å². The lowest BCUT2D eigenvalue weighted by atomic mass is 10.1. The monoisotopic (exact) mass is 424 g/mol. The Bertz CT molecular complexity index is 1020. The lowest BCUT2D eigenvalue weighted by molar-refractivity contribution is -0.385. The van der Waals surface area contributed by atoms with Crippen molar-refractivity contribution in [2.45, 2.75) is 11.8 Å². The largest absolute Gasteiger partial charge is 0.487 e. The molecule has 0 fully saturated rings. The van der Waals surface area contributed by atoms with Crippen LogP contribution in [0, 0.1) is 10.1 Å². The molecule has 2 aromatic carbocycles. The van der Waals surface area contributed by atoms with Crippen molar-refractivity contribution < 1.29 is 22.9 Å². The zero-order chi connectivity index (χ0) is 20.9. The standard InChI is InChI=1S/C16H16N4O6S2/c1-2-26-14-8-3-10(9-13(14)20(22)23)15(21)19-16(27)18-11-4-6-12(7-5-11)28(17,24)25/h3-9H,2H2,1H3,(H2,17,24,25)(H2,18,19,21,27). The Balaban J connectivity index is 2.09. The molecule has 0 aliphatic heterocycles. The van der Waals surface area contributed by atoms with Gasteiger partial charge in [0.1, 0.15) is 0 Å². The first kappa shape index (κ1) is 21.2. The SMILES string of the molecule is CCOc1ccc(C(=O)NC(=S)Nc2ccc(S(N)(=O)=O)cc2)cc1[N+](=O)[O-]. The maximum Gasteiger partial charge on any atom is 0.311 e. The second-order valence-electron chi connectivity index (χ2n) is 5.35. The number of sulfonamides is 1. The minimum Gasteiger partial charge on any atom is -0.487 e. The summed E-state index contributed by atoms with van der Waals surface area (Å²) in [4.78, 5) is 22.7. The molecule has 10 nitrogen and oxygen atoms in total. The number of nitrogens with one attached hydrogen (secondary N) is 2. The maximum atomic E-state index is 12.3. The number of carbonyl (C=O) groups excluding carboxylic acids is 1. The van der Waals surface area contributed by atoms with Gasteiger partial charge in [0.25, 0.3) is 5.91 Å². The van der Waals surface area contributed by atoms with Gasteiger partial charge in [-0.3, -0.25) is 20.2 Å². The number of hydrogen-bond donors (Lipinski definition) is 3. The van der Waals surface area contributed by atoms with Gasteiger partial charge in [-0.2, -0.15) is 0 Å². The molecular formula is C16H16N4O6S2. The predicted molar refractivity (Wildman–Crippen MR) is 106 cm³/mol. The molecule has 0 aliphatic rings. The smallest absolute Gasteiger partial charge is 0.311 e. The minimum atomic E-state index is -3.82. The molecule has 0 aromatic heterocycles. The molecule has 0 radical (unpaired) electrons. The number of rotatable bonds is 6. The highest BCUT2D eigenvalue weighted by molar-refractivity contribution is 7.89. The van der Waals surface area contributed by atoms with Crippen molar-refractivity contribution in [3.05, 3.63) is 58.1 Å². The minimum absolute atomic E-state index is 0.0175. The molecule has 0 saturated heterocycles. The van der Waals surface area contributed by atoms with Crippen LogP contribution in [0.15, 0.2) is 47.4 Å². The number of benzene rings is 2. The van der Waals surface area contributed by atoms with Crippen LogP contribution in [0.25, 0.3) is 0 Å².